The SMILES string of the molecule is Cc1cc(OCC(=O)N2CCC(CNC(=O)CCl)(c3ccccc3)CC2)no1. The van der Waals surface area contributed by atoms with E-state index >= 15 is 0 Å². The Kier molecular flexibility index (Phi) is 6.57. The molecule has 2 amide bonds. The van der Waals surface area contributed by atoms with Crippen molar-refractivity contribution in [3.63, 3.8) is 0 Å². The molecule has 0 saturated carbocycles. The average Bonchev–Trinajstić information content (AvgIpc) is 3.16. The maximum Gasteiger partial charge on any atom is 0.260 e. The minimum Gasteiger partial charge on any atom is -0.465 e. The van der Waals surface area contributed by atoms with Crippen LogP contribution in [0.2, 0.25) is 0 Å². The maximum atomic E-state index is 12.5. The maximum absolute atomic E-state index is 12.5. The number of hydrogen-bond acceptors (Lipinski definition) is 5. The molecule has 1 aromatic heterocycles. The molecule has 3 rings (SSSR count). The van der Waals surface area contributed by atoms with Gasteiger partial charge in [-0.3, -0.25) is 9.59 Å². The highest BCUT2D eigenvalue weighted by Gasteiger charge is 2.37. The lowest BCUT2D eigenvalue weighted by atomic mass is 9.72. The van der Waals surface area contributed by atoms with Gasteiger partial charge in [0, 0.05) is 31.1 Å². The Balaban J connectivity index is 1.61. The summed E-state index contributed by atoms with van der Waals surface area (Å²) in [5, 5.41) is 6.64. The Labute approximate surface area is 169 Å². The fourth-order valence-corrected chi connectivity index (χ4v) is 3.59. The highest BCUT2D eigenvalue weighted by molar-refractivity contribution is 6.27. The number of alkyl halides is 1. The largest absolute Gasteiger partial charge is 0.465 e. The van der Waals surface area contributed by atoms with Gasteiger partial charge in [0.15, 0.2) is 6.61 Å². The van der Waals surface area contributed by atoms with Crippen LogP contribution in [0.15, 0.2) is 40.9 Å². The van der Waals surface area contributed by atoms with Crippen LogP contribution in [0.5, 0.6) is 5.88 Å². The topological polar surface area (TPSA) is 84.7 Å². The van der Waals surface area contributed by atoms with E-state index in [-0.39, 0.29) is 29.7 Å². The van der Waals surface area contributed by atoms with Gasteiger partial charge in [0.1, 0.15) is 11.6 Å². The summed E-state index contributed by atoms with van der Waals surface area (Å²) >= 11 is 5.62. The Morgan fingerprint density at radius 2 is 2.00 bits per heavy atom. The molecule has 1 fully saturated rings. The van der Waals surface area contributed by atoms with E-state index in [0.717, 1.165) is 18.4 Å². The number of halogens is 1. The van der Waals surface area contributed by atoms with Crippen LogP contribution < -0.4 is 10.1 Å². The molecular weight excluding hydrogens is 382 g/mol. The Hall–Kier alpha value is -2.54. The summed E-state index contributed by atoms with van der Waals surface area (Å²) < 4.78 is 10.3. The Morgan fingerprint density at radius 1 is 1.29 bits per heavy atom. The molecule has 1 aliphatic rings. The molecule has 150 valence electrons. The fourth-order valence-electron chi connectivity index (χ4n) is 3.50. The number of piperidine rings is 1. The molecule has 28 heavy (non-hydrogen) atoms. The van der Waals surface area contributed by atoms with Crippen molar-refractivity contribution >= 4 is 23.4 Å². The van der Waals surface area contributed by atoms with E-state index in [4.69, 9.17) is 20.9 Å². The van der Waals surface area contributed by atoms with Crippen molar-refractivity contribution in [1.82, 2.24) is 15.4 Å². The average molecular weight is 406 g/mol. The van der Waals surface area contributed by atoms with Crippen molar-refractivity contribution in [3.05, 3.63) is 47.7 Å². The van der Waals surface area contributed by atoms with E-state index in [1.165, 1.54) is 0 Å². The number of rotatable bonds is 7. The molecule has 0 unspecified atom stereocenters. The number of hydrogen-bond donors (Lipinski definition) is 1. The van der Waals surface area contributed by atoms with Crippen molar-refractivity contribution < 1.29 is 18.8 Å². The predicted molar refractivity (Wildman–Crippen MR) is 104 cm³/mol. The summed E-state index contributed by atoms with van der Waals surface area (Å²) in [6, 6.07) is 11.7. The van der Waals surface area contributed by atoms with Gasteiger partial charge in [-0.1, -0.05) is 30.3 Å². The standard InChI is InChI=1S/C20H24ClN3O4/c1-15-11-18(23-28-15)27-13-19(26)24-9-7-20(8-10-24,14-22-17(25)12-21)16-5-3-2-4-6-16/h2-6,11H,7-10,12-14H2,1H3,(H,22,25). The second-order valence-corrected chi connectivity index (χ2v) is 7.27. The minimum atomic E-state index is -0.218. The molecule has 0 radical (unpaired) electrons. The normalized spacial score (nSPS) is 15.9. The molecule has 1 N–H and O–H groups in total. The zero-order chi connectivity index (χ0) is 20.0. The number of amides is 2. The monoisotopic (exact) mass is 405 g/mol. The molecule has 2 aromatic rings. The van der Waals surface area contributed by atoms with Gasteiger partial charge in [-0.2, -0.15) is 0 Å². The second-order valence-electron chi connectivity index (χ2n) is 7.00. The van der Waals surface area contributed by atoms with Crippen molar-refractivity contribution in [2.24, 2.45) is 0 Å². The third-order valence-corrected chi connectivity index (χ3v) is 5.40. The molecule has 8 heteroatoms. The van der Waals surface area contributed by atoms with Gasteiger partial charge in [0.25, 0.3) is 11.8 Å². The number of likely N-dealkylation sites (tertiary alicyclic amines) is 1. The first kappa shape index (κ1) is 20.2. The van der Waals surface area contributed by atoms with Crippen LogP contribution in [-0.2, 0) is 15.0 Å². The highest BCUT2D eigenvalue weighted by Crippen LogP contribution is 2.35. The molecule has 2 heterocycles. The molecule has 0 atom stereocenters. The summed E-state index contributed by atoms with van der Waals surface area (Å²) in [4.78, 5) is 26.0. The first-order valence-corrected chi connectivity index (χ1v) is 9.78. The van der Waals surface area contributed by atoms with Crippen LogP contribution in [0.1, 0.15) is 24.2 Å². The van der Waals surface area contributed by atoms with E-state index in [0.29, 0.717) is 31.3 Å². The summed E-state index contributed by atoms with van der Waals surface area (Å²) in [7, 11) is 0. The smallest absolute Gasteiger partial charge is 0.260 e. The lowest BCUT2D eigenvalue weighted by Crippen LogP contribution is -2.51. The quantitative estimate of drug-likeness (QED) is 0.714. The van der Waals surface area contributed by atoms with Crippen LogP contribution in [0.4, 0.5) is 0 Å². The van der Waals surface area contributed by atoms with Crippen LogP contribution >= 0.6 is 11.6 Å². The van der Waals surface area contributed by atoms with Crippen molar-refractivity contribution in [2.75, 3.05) is 32.1 Å². The van der Waals surface area contributed by atoms with Crippen molar-refractivity contribution in [3.8, 4) is 5.88 Å². The van der Waals surface area contributed by atoms with Gasteiger partial charge in [0.2, 0.25) is 5.91 Å². The van der Waals surface area contributed by atoms with E-state index in [1.54, 1.807) is 17.9 Å². The lowest BCUT2D eigenvalue weighted by molar-refractivity contribution is -0.135. The van der Waals surface area contributed by atoms with E-state index in [2.05, 4.69) is 22.6 Å². The molecule has 1 saturated heterocycles. The number of ether oxygens (including phenoxy) is 1. The second kappa shape index (κ2) is 9.10. The first-order valence-electron chi connectivity index (χ1n) is 9.24. The molecule has 0 bridgehead atoms. The third-order valence-electron chi connectivity index (χ3n) is 5.15. The number of aryl methyl sites for hydroxylation is 1. The third kappa shape index (κ3) is 4.84. The molecule has 0 aliphatic carbocycles. The van der Waals surface area contributed by atoms with E-state index in [1.807, 2.05) is 18.2 Å². The van der Waals surface area contributed by atoms with Crippen molar-refractivity contribution in [2.45, 2.75) is 25.2 Å². The number of nitrogens with one attached hydrogen (secondary N) is 1. The number of nitrogens with zero attached hydrogens (tertiary/aromatic N) is 2. The summed E-state index contributed by atoms with van der Waals surface area (Å²) in [5.74, 6) is 0.602. The van der Waals surface area contributed by atoms with Gasteiger partial charge in [-0.15, -0.1) is 11.6 Å². The fraction of sp³-hybridized carbons (Fsp3) is 0.450. The summed E-state index contributed by atoms with van der Waals surface area (Å²) in [6.45, 7) is 3.36. The molecular formula is C20H24ClN3O4. The van der Waals surface area contributed by atoms with Crippen LogP contribution in [0.3, 0.4) is 0 Å². The number of aromatic nitrogens is 1. The van der Waals surface area contributed by atoms with E-state index < -0.39 is 0 Å². The van der Waals surface area contributed by atoms with Crippen molar-refractivity contribution in [1.29, 1.82) is 0 Å². The summed E-state index contributed by atoms with van der Waals surface area (Å²) in [6.07, 6.45) is 1.49. The molecule has 1 aromatic carbocycles. The zero-order valence-electron chi connectivity index (χ0n) is 15.8. The van der Waals surface area contributed by atoms with Gasteiger partial charge >= 0.3 is 0 Å². The highest BCUT2D eigenvalue weighted by atomic mass is 35.5. The number of carbonyl (C=O) groups is 2. The van der Waals surface area contributed by atoms with Gasteiger partial charge in [-0.05, 0) is 30.5 Å². The van der Waals surface area contributed by atoms with Gasteiger partial charge in [0.05, 0.1) is 0 Å². The predicted octanol–water partition coefficient (Wildman–Crippen LogP) is 2.28. The molecule has 7 nitrogen and oxygen atoms in total. The zero-order valence-corrected chi connectivity index (χ0v) is 16.6. The first-order chi connectivity index (χ1) is 13.5. The molecule has 0 spiro atoms. The molecule has 1 aliphatic heterocycles. The number of benzene rings is 1. The summed E-state index contributed by atoms with van der Waals surface area (Å²) in [5.41, 5.74) is 0.940. The Morgan fingerprint density at radius 3 is 2.61 bits per heavy atom. The van der Waals surface area contributed by atoms with Crippen LogP contribution in [0, 0.1) is 6.92 Å². The van der Waals surface area contributed by atoms with Gasteiger partial charge in [-0.25, -0.2) is 0 Å². The Bertz CT molecular complexity index is 801. The lowest BCUT2D eigenvalue weighted by Gasteiger charge is -2.42. The van der Waals surface area contributed by atoms with Crippen LogP contribution in [0.25, 0.3) is 0 Å². The van der Waals surface area contributed by atoms with Gasteiger partial charge < -0.3 is 19.5 Å². The van der Waals surface area contributed by atoms with Crippen LogP contribution in [-0.4, -0.2) is 54.0 Å². The van der Waals surface area contributed by atoms with E-state index in [9.17, 15) is 9.59 Å². The minimum absolute atomic E-state index is 0.0612. The number of carbonyl (C=O) groups excluding carboxylic acids is 2.